The van der Waals surface area contributed by atoms with Gasteiger partial charge in [-0.1, -0.05) is 26.7 Å². The van der Waals surface area contributed by atoms with Crippen molar-refractivity contribution in [2.75, 3.05) is 40.8 Å². The lowest BCUT2D eigenvalue weighted by Gasteiger charge is -2.38. The Morgan fingerprint density at radius 1 is 1.21 bits per heavy atom. The molecule has 2 unspecified atom stereocenters. The largest absolute Gasteiger partial charge is 0.355 e. The number of carbonyl (C=O) groups excluding carboxylic acids is 1. The van der Waals surface area contributed by atoms with Crippen molar-refractivity contribution in [3.8, 4) is 0 Å². The monoisotopic (exact) mass is 450 g/mol. The lowest BCUT2D eigenvalue weighted by atomic mass is 9.84. The van der Waals surface area contributed by atoms with Gasteiger partial charge >= 0.3 is 0 Å². The Morgan fingerprint density at radius 2 is 1.75 bits per heavy atom. The Kier molecular flexibility index (Phi) is 8.29. The first kappa shape index (κ1) is 21.5. The minimum atomic E-state index is -0.244. The number of nitrogens with one attached hydrogen (secondary N) is 1. The topological polar surface area (TPSA) is 47.9 Å². The molecule has 0 aromatic heterocycles. The van der Waals surface area contributed by atoms with E-state index in [0.29, 0.717) is 18.4 Å². The molecule has 1 saturated heterocycles. The molecule has 0 bridgehead atoms. The van der Waals surface area contributed by atoms with Crippen LogP contribution in [0.3, 0.4) is 0 Å². The molecular formula is C18H35IN4O. The molecule has 1 N–H and O–H groups in total. The summed E-state index contributed by atoms with van der Waals surface area (Å²) in [6.45, 7) is 7.43. The fourth-order valence-corrected chi connectivity index (χ4v) is 4.41. The highest BCUT2D eigenvalue weighted by atomic mass is 127. The summed E-state index contributed by atoms with van der Waals surface area (Å²) in [5.74, 6) is 2.61. The maximum atomic E-state index is 12.7. The van der Waals surface area contributed by atoms with Gasteiger partial charge < -0.3 is 15.1 Å². The third kappa shape index (κ3) is 4.99. The van der Waals surface area contributed by atoms with Crippen molar-refractivity contribution in [3.05, 3.63) is 0 Å². The smallest absolute Gasteiger partial charge is 0.230 e. The second kappa shape index (κ2) is 9.25. The van der Waals surface area contributed by atoms with Crippen LogP contribution in [-0.2, 0) is 4.79 Å². The Hall–Kier alpha value is -0.530. The minimum Gasteiger partial charge on any atom is -0.355 e. The minimum absolute atomic E-state index is 0. The van der Waals surface area contributed by atoms with Gasteiger partial charge in [-0.2, -0.15) is 0 Å². The van der Waals surface area contributed by atoms with E-state index in [-0.39, 0.29) is 35.3 Å². The molecule has 1 amide bonds. The Bertz CT molecular complexity index is 436. The third-order valence-electron chi connectivity index (χ3n) is 5.39. The summed E-state index contributed by atoms with van der Waals surface area (Å²) in [5.41, 5.74) is -0.244. The highest BCUT2D eigenvalue weighted by molar-refractivity contribution is 14.0. The molecule has 1 aliphatic heterocycles. The molecule has 1 heterocycles. The maximum Gasteiger partial charge on any atom is 0.230 e. The van der Waals surface area contributed by atoms with Crippen LogP contribution in [0, 0.1) is 17.3 Å². The standard InChI is InChI=1S/C18H34N4O.HI/c1-14-10-15(2)12-22(11-14)17(19-3)20-13-18(8-6-7-9-18)16(23)21(4)5;/h14-15H,6-13H2,1-5H3,(H,19,20);1H. The van der Waals surface area contributed by atoms with E-state index in [4.69, 9.17) is 0 Å². The van der Waals surface area contributed by atoms with Crippen molar-refractivity contribution >= 4 is 35.8 Å². The van der Waals surface area contributed by atoms with Crippen LogP contribution in [0.4, 0.5) is 0 Å². The van der Waals surface area contributed by atoms with Crippen LogP contribution in [0.2, 0.25) is 0 Å². The number of carbonyl (C=O) groups is 1. The molecule has 5 nitrogen and oxygen atoms in total. The summed E-state index contributed by atoms with van der Waals surface area (Å²) in [7, 11) is 5.58. The fourth-order valence-electron chi connectivity index (χ4n) is 4.41. The number of hydrogen-bond acceptors (Lipinski definition) is 2. The summed E-state index contributed by atoms with van der Waals surface area (Å²) < 4.78 is 0. The van der Waals surface area contributed by atoms with E-state index in [1.165, 1.54) is 6.42 Å². The molecule has 0 aromatic rings. The Balaban J connectivity index is 0.00000288. The van der Waals surface area contributed by atoms with Gasteiger partial charge in [-0.15, -0.1) is 24.0 Å². The third-order valence-corrected chi connectivity index (χ3v) is 5.39. The van der Waals surface area contributed by atoms with Gasteiger partial charge in [-0.05, 0) is 31.1 Å². The molecule has 1 saturated carbocycles. The van der Waals surface area contributed by atoms with Crippen molar-refractivity contribution in [2.45, 2.75) is 46.0 Å². The van der Waals surface area contributed by atoms with E-state index in [1.807, 2.05) is 21.1 Å². The van der Waals surface area contributed by atoms with E-state index >= 15 is 0 Å². The number of likely N-dealkylation sites (tertiary alicyclic amines) is 1. The van der Waals surface area contributed by atoms with E-state index in [2.05, 4.69) is 29.1 Å². The summed E-state index contributed by atoms with van der Waals surface area (Å²) in [4.78, 5) is 21.3. The van der Waals surface area contributed by atoms with Gasteiger partial charge in [0.2, 0.25) is 5.91 Å². The number of amides is 1. The zero-order valence-electron chi connectivity index (χ0n) is 16.0. The van der Waals surface area contributed by atoms with Gasteiger partial charge in [0.15, 0.2) is 5.96 Å². The van der Waals surface area contributed by atoms with Crippen LogP contribution in [0.1, 0.15) is 46.0 Å². The molecule has 0 aromatic carbocycles. The Labute approximate surface area is 164 Å². The second-order valence-electron chi connectivity index (χ2n) is 7.94. The lowest BCUT2D eigenvalue weighted by molar-refractivity contribution is -0.138. The maximum absolute atomic E-state index is 12.7. The van der Waals surface area contributed by atoms with Gasteiger partial charge in [0.25, 0.3) is 0 Å². The average molecular weight is 450 g/mol. The first-order valence-corrected chi connectivity index (χ1v) is 9.05. The first-order chi connectivity index (χ1) is 10.9. The molecule has 6 heteroatoms. The zero-order valence-corrected chi connectivity index (χ0v) is 18.3. The molecule has 140 valence electrons. The summed E-state index contributed by atoms with van der Waals surface area (Å²) in [6, 6.07) is 0. The molecule has 0 spiro atoms. The number of hydrogen-bond donors (Lipinski definition) is 1. The van der Waals surface area contributed by atoms with Gasteiger partial charge in [0.1, 0.15) is 0 Å². The summed E-state index contributed by atoms with van der Waals surface area (Å²) in [5, 5.41) is 3.53. The number of nitrogens with zero attached hydrogens (tertiary/aromatic N) is 3. The average Bonchev–Trinajstić information content (AvgIpc) is 2.96. The molecular weight excluding hydrogens is 415 g/mol. The van der Waals surface area contributed by atoms with Crippen molar-refractivity contribution < 1.29 is 4.79 Å². The van der Waals surface area contributed by atoms with Crippen molar-refractivity contribution in [1.82, 2.24) is 15.1 Å². The molecule has 2 fully saturated rings. The van der Waals surface area contributed by atoms with Gasteiger partial charge in [0.05, 0.1) is 5.41 Å². The van der Waals surface area contributed by atoms with Gasteiger partial charge in [-0.25, -0.2) is 0 Å². The van der Waals surface area contributed by atoms with E-state index in [9.17, 15) is 4.79 Å². The highest BCUT2D eigenvalue weighted by Crippen LogP contribution is 2.39. The molecule has 0 radical (unpaired) electrons. The first-order valence-electron chi connectivity index (χ1n) is 9.05. The number of guanidine groups is 1. The molecule has 24 heavy (non-hydrogen) atoms. The predicted octanol–water partition coefficient (Wildman–Crippen LogP) is 2.81. The lowest BCUT2D eigenvalue weighted by Crippen LogP contribution is -2.52. The fraction of sp³-hybridized carbons (Fsp3) is 0.889. The summed E-state index contributed by atoms with van der Waals surface area (Å²) >= 11 is 0. The molecule has 2 aliphatic rings. The van der Waals surface area contributed by atoms with E-state index in [0.717, 1.165) is 44.7 Å². The van der Waals surface area contributed by atoms with Gasteiger partial charge in [0, 0.05) is 40.8 Å². The van der Waals surface area contributed by atoms with Crippen LogP contribution in [-0.4, -0.2) is 62.4 Å². The van der Waals surface area contributed by atoms with E-state index in [1.54, 1.807) is 4.90 Å². The summed E-state index contributed by atoms with van der Waals surface area (Å²) in [6.07, 6.45) is 5.56. The number of rotatable bonds is 3. The van der Waals surface area contributed by atoms with Crippen molar-refractivity contribution in [3.63, 3.8) is 0 Å². The number of halogens is 1. The van der Waals surface area contributed by atoms with Crippen LogP contribution < -0.4 is 5.32 Å². The molecule has 2 atom stereocenters. The van der Waals surface area contributed by atoms with E-state index < -0.39 is 0 Å². The van der Waals surface area contributed by atoms with Gasteiger partial charge in [-0.3, -0.25) is 9.79 Å². The molecule has 1 aliphatic carbocycles. The zero-order chi connectivity index (χ0) is 17.0. The Morgan fingerprint density at radius 3 is 2.21 bits per heavy atom. The van der Waals surface area contributed by atoms with Crippen LogP contribution in [0.25, 0.3) is 0 Å². The number of aliphatic imine (C=N–C) groups is 1. The van der Waals surface area contributed by atoms with Crippen LogP contribution in [0.5, 0.6) is 0 Å². The van der Waals surface area contributed by atoms with Crippen molar-refractivity contribution in [2.24, 2.45) is 22.2 Å². The van der Waals surface area contributed by atoms with Crippen molar-refractivity contribution in [1.29, 1.82) is 0 Å². The quantitative estimate of drug-likeness (QED) is 0.409. The van der Waals surface area contributed by atoms with Crippen LogP contribution in [0.15, 0.2) is 4.99 Å². The highest BCUT2D eigenvalue weighted by Gasteiger charge is 2.42. The predicted molar refractivity (Wildman–Crippen MR) is 111 cm³/mol. The normalized spacial score (nSPS) is 26.7. The second-order valence-corrected chi connectivity index (χ2v) is 7.94. The molecule has 2 rings (SSSR count). The SMILES string of the molecule is CN=C(NCC1(C(=O)N(C)C)CCCC1)N1CC(C)CC(C)C1.I. The number of piperidine rings is 1. The van der Waals surface area contributed by atoms with Crippen LogP contribution >= 0.6 is 24.0 Å².